The molecule has 0 radical (unpaired) electrons. The minimum absolute atomic E-state index is 0.151. The van der Waals surface area contributed by atoms with Crippen LogP contribution < -0.4 is 10.6 Å². The van der Waals surface area contributed by atoms with E-state index in [0.717, 1.165) is 11.3 Å². The van der Waals surface area contributed by atoms with Gasteiger partial charge in [-0.2, -0.15) is 0 Å². The number of halogens is 1. The Morgan fingerprint density at radius 1 is 1.00 bits per heavy atom. The van der Waals surface area contributed by atoms with Gasteiger partial charge in [0.25, 0.3) is 5.91 Å². The molecule has 2 aromatic carbocycles. The molecule has 1 aromatic heterocycles. The first-order valence-corrected chi connectivity index (χ1v) is 7.86. The van der Waals surface area contributed by atoms with Gasteiger partial charge in [0.15, 0.2) is 0 Å². The lowest BCUT2D eigenvalue weighted by molar-refractivity contribution is 0.102. The van der Waals surface area contributed by atoms with E-state index >= 15 is 0 Å². The largest absolute Gasteiger partial charge is 0.339 e. The first-order chi connectivity index (χ1) is 11.6. The quantitative estimate of drug-likeness (QED) is 0.701. The molecule has 2 N–H and O–H groups in total. The van der Waals surface area contributed by atoms with Crippen molar-refractivity contribution in [2.75, 3.05) is 10.6 Å². The van der Waals surface area contributed by atoms with Gasteiger partial charge in [-0.15, -0.1) is 0 Å². The maximum atomic E-state index is 12.3. The summed E-state index contributed by atoms with van der Waals surface area (Å²) in [6.07, 6.45) is 1.61. The van der Waals surface area contributed by atoms with E-state index in [-0.39, 0.29) is 5.91 Å². The highest BCUT2D eigenvalue weighted by Crippen LogP contribution is 2.24. The predicted molar refractivity (Wildman–Crippen MR) is 98.1 cm³/mol. The average Bonchev–Trinajstić information content (AvgIpc) is 2.59. The van der Waals surface area contributed by atoms with Crippen LogP contribution in [0.3, 0.4) is 0 Å². The van der Waals surface area contributed by atoms with Gasteiger partial charge < -0.3 is 10.6 Å². The topological polar surface area (TPSA) is 54.0 Å². The van der Waals surface area contributed by atoms with Crippen LogP contribution in [0.5, 0.6) is 0 Å². The minimum Gasteiger partial charge on any atom is -0.339 e. The van der Waals surface area contributed by atoms with Crippen molar-refractivity contribution in [1.82, 2.24) is 4.98 Å². The molecule has 0 bridgehead atoms. The van der Waals surface area contributed by atoms with Crippen LogP contribution in [0, 0.1) is 6.92 Å². The fourth-order valence-corrected chi connectivity index (χ4v) is 2.45. The minimum atomic E-state index is -0.151. The number of amides is 1. The molecule has 5 heteroatoms. The van der Waals surface area contributed by atoms with Crippen LogP contribution in [0.4, 0.5) is 17.2 Å². The Labute approximate surface area is 145 Å². The predicted octanol–water partition coefficient (Wildman–Crippen LogP) is 5.04. The molecule has 24 heavy (non-hydrogen) atoms. The summed E-state index contributed by atoms with van der Waals surface area (Å²) in [7, 11) is 0. The zero-order valence-corrected chi connectivity index (χ0v) is 13.8. The van der Waals surface area contributed by atoms with E-state index in [1.165, 1.54) is 0 Å². The van der Waals surface area contributed by atoms with E-state index in [0.29, 0.717) is 22.1 Å². The third-order valence-corrected chi connectivity index (χ3v) is 3.88. The number of aromatic nitrogens is 1. The van der Waals surface area contributed by atoms with Crippen LogP contribution in [-0.4, -0.2) is 10.9 Å². The standard InChI is InChI=1S/C19H16ClN3O/c1-13-6-2-3-7-15(13)19(24)22-14-10-11-18(21-12-14)23-17-9-5-4-8-16(17)20/h2-12H,1H3,(H,21,23)(H,22,24). The van der Waals surface area contributed by atoms with E-state index in [4.69, 9.17) is 11.6 Å². The number of hydrogen-bond donors (Lipinski definition) is 2. The molecule has 0 saturated carbocycles. The summed E-state index contributed by atoms with van der Waals surface area (Å²) in [4.78, 5) is 16.6. The number of benzene rings is 2. The summed E-state index contributed by atoms with van der Waals surface area (Å²) in [6, 6.07) is 18.5. The zero-order valence-electron chi connectivity index (χ0n) is 13.1. The van der Waals surface area contributed by atoms with E-state index in [1.807, 2.05) is 43.3 Å². The van der Waals surface area contributed by atoms with Crippen LogP contribution in [0.15, 0.2) is 66.9 Å². The van der Waals surface area contributed by atoms with E-state index in [2.05, 4.69) is 15.6 Å². The fourth-order valence-electron chi connectivity index (χ4n) is 2.27. The summed E-state index contributed by atoms with van der Waals surface area (Å²) in [5, 5.41) is 6.61. The Bertz CT molecular complexity index is 862. The zero-order chi connectivity index (χ0) is 16.9. The maximum absolute atomic E-state index is 12.3. The molecule has 0 aliphatic rings. The summed E-state index contributed by atoms with van der Waals surface area (Å²) in [6.45, 7) is 1.91. The molecule has 3 rings (SSSR count). The van der Waals surface area contributed by atoms with Crippen LogP contribution in [0.25, 0.3) is 0 Å². The second-order valence-corrected chi connectivity index (χ2v) is 5.71. The second-order valence-electron chi connectivity index (χ2n) is 5.31. The molecule has 120 valence electrons. The van der Waals surface area contributed by atoms with Gasteiger partial charge in [-0.05, 0) is 42.8 Å². The lowest BCUT2D eigenvalue weighted by atomic mass is 10.1. The molecule has 0 spiro atoms. The average molecular weight is 338 g/mol. The van der Waals surface area contributed by atoms with Gasteiger partial charge in [-0.25, -0.2) is 4.98 Å². The summed E-state index contributed by atoms with van der Waals surface area (Å²) < 4.78 is 0. The number of carbonyl (C=O) groups excluding carboxylic acids is 1. The van der Waals surface area contributed by atoms with Crippen LogP contribution >= 0.6 is 11.6 Å². The van der Waals surface area contributed by atoms with Gasteiger partial charge in [0.1, 0.15) is 5.82 Å². The van der Waals surface area contributed by atoms with Crippen LogP contribution in [-0.2, 0) is 0 Å². The van der Waals surface area contributed by atoms with Crippen molar-refractivity contribution in [1.29, 1.82) is 0 Å². The van der Waals surface area contributed by atoms with Gasteiger partial charge in [-0.1, -0.05) is 41.9 Å². The lowest BCUT2D eigenvalue weighted by Crippen LogP contribution is -2.13. The summed E-state index contributed by atoms with van der Waals surface area (Å²) in [5.74, 6) is 0.499. The Hall–Kier alpha value is -2.85. The van der Waals surface area contributed by atoms with Crippen molar-refractivity contribution in [3.63, 3.8) is 0 Å². The Morgan fingerprint density at radius 3 is 2.46 bits per heavy atom. The number of rotatable bonds is 4. The van der Waals surface area contributed by atoms with Crippen molar-refractivity contribution in [2.45, 2.75) is 6.92 Å². The lowest BCUT2D eigenvalue weighted by Gasteiger charge is -2.09. The molecule has 1 amide bonds. The first-order valence-electron chi connectivity index (χ1n) is 7.48. The van der Waals surface area contributed by atoms with E-state index in [1.54, 1.807) is 30.5 Å². The van der Waals surface area contributed by atoms with Crippen molar-refractivity contribution in [2.24, 2.45) is 0 Å². The number of hydrogen-bond acceptors (Lipinski definition) is 3. The molecule has 0 unspecified atom stereocenters. The summed E-state index contributed by atoms with van der Waals surface area (Å²) >= 11 is 6.11. The molecule has 0 atom stereocenters. The molecule has 0 aliphatic heterocycles. The SMILES string of the molecule is Cc1ccccc1C(=O)Nc1ccc(Nc2ccccc2Cl)nc1. The van der Waals surface area contributed by atoms with Crippen molar-refractivity contribution in [3.05, 3.63) is 83.0 Å². The molecular formula is C19H16ClN3O. The number of aryl methyl sites for hydroxylation is 1. The number of nitrogens with zero attached hydrogens (tertiary/aromatic N) is 1. The highest BCUT2D eigenvalue weighted by Gasteiger charge is 2.08. The number of para-hydroxylation sites is 1. The van der Waals surface area contributed by atoms with Gasteiger partial charge in [0.2, 0.25) is 0 Å². The van der Waals surface area contributed by atoms with Crippen molar-refractivity contribution >= 4 is 34.7 Å². The Kier molecular flexibility index (Phi) is 4.77. The maximum Gasteiger partial charge on any atom is 0.255 e. The Balaban J connectivity index is 1.70. The normalized spacial score (nSPS) is 10.2. The molecule has 0 aliphatic carbocycles. The fraction of sp³-hybridized carbons (Fsp3) is 0.0526. The molecule has 3 aromatic rings. The highest BCUT2D eigenvalue weighted by atomic mass is 35.5. The van der Waals surface area contributed by atoms with Gasteiger partial charge in [-0.3, -0.25) is 4.79 Å². The smallest absolute Gasteiger partial charge is 0.255 e. The van der Waals surface area contributed by atoms with Crippen LogP contribution in [0.2, 0.25) is 5.02 Å². The molecule has 0 saturated heterocycles. The second kappa shape index (κ2) is 7.15. The van der Waals surface area contributed by atoms with E-state index < -0.39 is 0 Å². The van der Waals surface area contributed by atoms with Gasteiger partial charge >= 0.3 is 0 Å². The first kappa shape index (κ1) is 16.0. The number of anilines is 3. The monoisotopic (exact) mass is 337 g/mol. The molecule has 0 fully saturated rings. The molecular weight excluding hydrogens is 322 g/mol. The van der Waals surface area contributed by atoms with Crippen molar-refractivity contribution < 1.29 is 4.79 Å². The number of pyridine rings is 1. The third kappa shape index (κ3) is 3.73. The number of carbonyl (C=O) groups is 1. The van der Waals surface area contributed by atoms with Crippen LogP contribution in [0.1, 0.15) is 15.9 Å². The third-order valence-electron chi connectivity index (χ3n) is 3.55. The van der Waals surface area contributed by atoms with Gasteiger partial charge in [0, 0.05) is 5.56 Å². The molecule has 4 nitrogen and oxygen atoms in total. The van der Waals surface area contributed by atoms with Gasteiger partial charge in [0.05, 0.1) is 22.6 Å². The summed E-state index contributed by atoms with van der Waals surface area (Å²) in [5.41, 5.74) is 2.99. The van der Waals surface area contributed by atoms with Crippen molar-refractivity contribution in [3.8, 4) is 0 Å². The number of nitrogens with one attached hydrogen (secondary N) is 2. The van der Waals surface area contributed by atoms with E-state index in [9.17, 15) is 4.79 Å². The molecule has 1 heterocycles. The Morgan fingerprint density at radius 2 is 1.75 bits per heavy atom. The highest BCUT2D eigenvalue weighted by molar-refractivity contribution is 6.33.